The predicted molar refractivity (Wildman–Crippen MR) is 146 cm³/mol. The molecule has 0 spiro atoms. The molecule has 3 aromatic carbocycles. The number of hydrogen-bond donors (Lipinski definition) is 1. The summed E-state index contributed by atoms with van der Waals surface area (Å²) in [7, 11) is 1.47. The number of nitrogens with zero attached hydrogens (tertiary/aromatic N) is 1. The zero-order valence-corrected chi connectivity index (χ0v) is 22.2. The van der Waals surface area contributed by atoms with Crippen molar-refractivity contribution in [1.82, 2.24) is 4.90 Å². The number of ether oxygens (including phenoxy) is 2. The first kappa shape index (κ1) is 26.6. The normalized spacial score (nSPS) is 14.3. The first-order chi connectivity index (χ1) is 17.7. The molecule has 1 fully saturated rings. The number of amides is 3. The van der Waals surface area contributed by atoms with Crippen molar-refractivity contribution < 1.29 is 23.9 Å². The highest BCUT2D eigenvalue weighted by molar-refractivity contribution is 8.18. The van der Waals surface area contributed by atoms with Crippen LogP contribution in [0.25, 0.3) is 6.08 Å². The van der Waals surface area contributed by atoms with Crippen molar-refractivity contribution in [2.45, 2.75) is 13.5 Å². The molecule has 0 saturated carbocycles. The van der Waals surface area contributed by atoms with Crippen molar-refractivity contribution in [3.8, 4) is 11.5 Å². The lowest BCUT2D eigenvalue weighted by molar-refractivity contribution is -0.123. The van der Waals surface area contributed by atoms with Gasteiger partial charge in [0.05, 0.1) is 18.6 Å². The number of rotatable bonds is 8. The van der Waals surface area contributed by atoms with Crippen LogP contribution in [0.3, 0.4) is 0 Å². The van der Waals surface area contributed by atoms with Crippen molar-refractivity contribution in [3.05, 3.63) is 92.3 Å². The monoisotopic (exact) mass is 556 g/mol. The first-order valence-electron chi connectivity index (χ1n) is 11.1. The average Bonchev–Trinajstić information content (AvgIpc) is 3.11. The number of anilines is 1. The smallest absolute Gasteiger partial charge is 0.293 e. The molecule has 37 heavy (non-hydrogen) atoms. The molecule has 190 valence electrons. The number of methoxy groups -OCH3 is 1. The second-order valence-electron chi connectivity index (χ2n) is 8.12. The Morgan fingerprint density at radius 2 is 1.86 bits per heavy atom. The molecule has 0 atom stereocenters. The van der Waals surface area contributed by atoms with E-state index in [-0.39, 0.29) is 24.0 Å². The Bertz CT molecular complexity index is 1410. The molecule has 0 bridgehead atoms. The topological polar surface area (TPSA) is 84.9 Å². The quantitative estimate of drug-likeness (QED) is 0.316. The van der Waals surface area contributed by atoms with Crippen LogP contribution in [0, 0.1) is 6.92 Å². The second-order valence-corrected chi connectivity index (χ2v) is 9.96. The predicted octanol–water partition coefficient (Wildman–Crippen LogP) is 6.56. The van der Waals surface area contributed by atoms with E-state index in [4.69, 9.17) is 32.7 Å². The molecule has 1 heterocycles. The maximum Gasteiger partial charge on any atom is 0.293 e. The summed E-state index contributed by atoms with van der Waals surface area (Å²) in [6, 6.07) is 17.4. The highest BCUT2D eigenvalue weighted by Crippen LogP contribution is 2.36. The van der Waals surface area contributed by atoms with E-state index >= 15 is 0 Å². The third kappa shape index (κ3) is 6.65. The van der Waals surface area contributed by atoms with Crippen molar-refractivity contribution in [2.24, 2.45) is 0 Å². The molecule has 1 N–H and O–H groups in total. The molecule has 1 aliphatic heterocycles. The van der Waals surface area contributed by atoms with Crippen molar-refractivity contribution in [3.63, 3.8) is 0 Å². The van der Waals surface area contributed by atoms with Crippen LogP contribution in [0.2, 0.25) is 10.0 Å². The van der Waals surface area contributed by atoms with Crippen LogP contribution in [-0.2, 0) is 16.1 Å². The molecule has 1 aliphatic rings. The zero-order chi connectivity index (χ0) is 26.5. The number of hydrogen-bond acceptors (Lipinski definition) is 6. The minimum absolute atomic E-state index is 0.0404. The van der Waals surface area contributed by atoms with Gasteiger partial charge in [-0.15, -0.1) is 0 Å². The minimum Gasteiger partial charge on any atom is -0.493 e. The molecule has 0 aromatic heterocycles. The fourth-order valence-corrected chi connectivity index (χ4v) is 4.87. The van der Waals surface area contributed by atoms with Crippen LogP contribution in [0.4, 0.5) is 10.5 Å². The second kappa shape index (κ2) is 11.7. The summed E-state index contributed by atoms with van der Waals surface area (Å²) in [5.41, 5.74) is 2.96. The van der Waals surface area contributed by atoms with Crippen LogP contribution in [0.1, 0.15) is 16.7 Å². The van der Waals surface area contributed by atoms with Gasteiger partial charge in [-0.05, 0) is 77.9 Å². The number of halogens is 2. The number of nitrogens with one attached hydrogen (secondary N) is 1. The van der Waals surface area contributed by atoms with Crippen molar-refractivity contribution in [2.75, 3.05) is 19.0 Å². The molecule has 0 radical (unpaired) electrons. The van der Waals surface area contributed by atoms with E-state index in [9.17, 15) is 14.4 Å². The lowest BCUT2D eigenvalue weighted by Gasteiger charge is -2.14. The fraction of sp³-hybridized carbons (Fsp3) is 0.148. The highest BCUT2D eigenvalue weighted by atomic mass is 35.5. The molecule has 3 amide bonds. The van der Waals surface area contributed by atoms with E-state index in [1.54, 1.807) is 48.5 Å². The van der Waals surface area contributed by atoms with Crippen LogP contribution >= 0.6 is 35.0 Å². The van der Waals surface area contributed by atoms with Crippen LogP contribution in [0.15, 0.2) is 65.6 Å². The summed E-state index contributed by atoms with van der Waals surface area (Å²) in [4.78, 5) is 39.1. The van der Waals surface area contributed by atoms with Gasteiger partial charge in [-0.2, -0.15) is 0 Å². The van der Waals surface area contributed by atoms with Gasteiger partial charge >= 0.3 is 0 Å². The van der Waals surface area contributed by atoms with Gasteiger partial charge < -0.3 is 14.8 Å². The number of thioether (sulfide) groups is 1. The maximum atomic E-state index is 12.9. The van der Waals surface area contributed by atoms with E-state index in [0.29, 0.717) is 38.4 Å². The molecular formula is C27H22Cl2N2O5S. The third-order valence-electron chi connectivity index (χ3n) is 5.36. The molecule has 0 aliphatic carbocycles. The summed E-state index contributed by atoms with van der Waals surface area (Å²) in [6.45, 7) is 1.77. The summed E-state index contributed by atoms with van der Waals surface area (Å²) >= 11 is 13.0. The number of benzene rings is 3. The van der Waals surface area contributed by atoms with Crippen LogP contribution in [0.5, 0.6) is 11.5 Å². The van der Waals surface area contributed by atoms with Gasteiger partial charge in [-0.25, -0.2) is 0 Å². The van der Waals surface area contributed by atoms with Gasteiger partial charge in [-0.3, -0.25) is 19.3 Å². The largest absolute Gasteiger partial charge is 0.493 e. The molecule has 4 rings (SSSR count). The summed E-state index contributed by atoms with van der Waals surface area (Å²) in [6.07, 6.45) is 1.60. The minimum atomic E-state index is -0.423. The highest BCUT2D eigenvalue weighted by Gasteiger charge is 2.35. The lowest BCUT2D eigenvalue weighted by Crippen LogP contribution is -2.27. The Kier molecular flexibility index (Phi) is 8.43. The average molecular weight is 557 g/mol. The Morgan fingerprint density at radius 1 is 1.05 bits per heavy atom. The van der Waals surface area contributed by atoms with Crippen molar-refractivity contribution in [1.29, 1.82) is 0 Å². The number of aryl methyl sites for hydroxylation is 1. The standard InChI is InChI=1S/C27H22Cl2N2O5S/c1-16-4-3-5-20(10-16)30-25(32)15-36-22-9-6-17(11-23(22)35-2)12-24-26(33)31(27(34)37-24)14-18-7-8-19(28)13-21(18)29/h3-13H,14-15H2,1-2H3,(H,30,32)/b24-12+. The molecule has 7 nitrogen and oxygen atoms in total. The van der Waals surface area contributed by atoms with E-state index in [1.807, 2.05) is 25.1 Å². The summed E-state index contributed by atoms with van der Waals surface area (Å²) < 4.78 is 11.1. The Balaban J connectivity index is 1.43. The van der Waals surface area contributed by atoms with Crippen LogP contribution < -0.4 is 14.8 Å². The number of carbonyl (C=O) groups is 3. The summed E-state index contributed by atoms with van der Waals surface area (Å²) in [5.74, 6) is 0.00753. The first-order valence-corrected chi connectivity index (χ1v) is 12.7. The molecule has 0 unspecified atom stereocenters. The van der Waals surface area contributed by atoms with Gasteiger partial charge in [0.2, 0.25) is 0 Å². The third-order valence-corrected chi connectivity index (χ3v) is 6.86. The Morgan fingerprint density at radius 3 is 2.59 bits per heavy atom. The lowest BCUT2D eigenvalue weighted by atomic mass is 10.1. The van der Waals surface area contributed by atoms with Crippen LogP contribution in [-0.4, -0.2) is 35.7 Å². The number of carbonyl (C=O) groups excluding carboxylic acids is 3. The van der Waals surface area contributed by atoms with E-state index < -0.39 is 11.1 Å². The van der Waals surface area contributed by atoms with Gasteiger partial charge in [0, 0.05) is 15.7 Å². The molecule has 3 aromatic rings. The molecule has 1 saturated heterocycles. The van der Waals surface area contributed by atoms with E-state index in [1.165, 1.54) is 7.11 Å². The Hall–Kier alpha value is -3.46. The fourth-order valence-electron chi connectivity index (χ4n) is 3.56. The van der Waals surface area contributed by atoms with Gasteiger partial charge in [0.1, 0.15) is 0 Å². The maximum absolute atomic E-state index is 12.9. The number of imide groups is 1. The zero-order valence-electron chi connectivity index (χ0n) is 19.9. The SMILES string of the molecule is COc1cc(/C=C2/SC(=O)N(Cc3ccc(Cl)cc3Cl)C2=O)ccc1OCC(=O)Nc1cccc(C)c1. The van der Waals surface area contributed by atoms with E-state index in [0.717, 1.165) is 22.2 Å². The summed E-state index contributed by atoms with van der Waals surface area (Å²) in [5, 5.41) is 3.23. The molecular weight excluding hydrogens is 535 g/mol. The van der Waals surface area contributed by atoms with Crippen molar-refractivity contribution >= 4 is 63.8 Å². The van der Waals surface area contributed by atoms with E-state index in [2.05, 4.69) is 5.32 Å². The van der Waals surface area contributed by atoms with Gasteiger partial charge in [-0.1, -0.05) is 47.5 Å². The Labute approximate surface area is 228 Å². The molecule has 10 heteroatoms. The van der Waals surface area contributed by atoms with Gasteiger partial charge in [0.15, 0.2) is 18.1 Å². The van der Waals surface area contributed by atoms with Gasteiger partial charge in [0.25, 0.3) is 17.1 Å².